The number of amides is 5. The quantitative estimate of drug-likeness (QED) is 0.0863. The van der Waals surface area contributed by atoms with Gasteiger partial charge in [-0.3, -0.25) is 38.1 Å². The summed E-state index contributed by atoms with van der Waals surface area (Å²) in [5.41, 5.74) is 5.61. The molecule has 3 atom stereocenters. The van der Waals surface area contributed by atoms with Gasteiger partial charge < -0.3 is 41.1 Å². The Morgan fingerprint density at radius 1 is 0.877 bits per heavy atom. The van der Waals surface area contributed by atoms with Crippen LogP contribution in [0.3, 0.4) is 0 Å². The maximum Gasteiger partial charge on any atom is 0.263 e. The number of Topliss-reactive ketones (excluding diaryl/α,β-unsaturated/α-hetero) is 1. The van der Waals surface area contributed by atoms with Crippen LogP contribution in [-0.2, 0) is 30.5 Å². The highest BCUT2D eigenvalue weighted by Crippen LogP contribution is 2.33. The van der Waals surface area contributed by atoms with Crippen molar-refractivity contribution in [1.29, 1.82) is 0 Å². The summed E-state index contributed by atoms with van der Waals surface area (Å²) in [6.07, 6.45) is 5.71. The van der Waals surface area contributed by atoms with Crippen molar-refractivity contribution >= 4 is 75.1 Å². The Balaban J connectivity index is 0.775. The van der Waals surface area contributed by atoms with Crippen molar-refractivity contribution in [3.8, 4) is 10.4 Å². The normalized spacial score (nSPS) is 17.7. The Morgan fingerprint density at radius 2 is 1.59 bits per heavy atom. The number of carbonyl (C=O) groups excluding carboxylic acids is 6. The van der Waals surface area contributed by atoms with Gasteiger partial charge in [0, 0.05) is 76.2 Å². The van der Waals surface area contributed by atoms with Gasteiger partial charge in [-0.15, -0.1) is 11.3 Å². The second-order valence-corrected chi connectivity index (χ2v) is 21.1. The number of hydrogen-bond donors (Lipinski definition) is 5. The van der Waals surface area contributed by atoms with E-state index in [2.05, 4.69) is 41.1 Å². The molecule has 0 bridgehead atoms. The Morgan fingerprint density at radius 3 is 2.23 bits per heavy atom. The van der Waals surface area contributed by atoms with Gasteiger partial charge in [0.15, 0.2) is 5.78 Å². The molecule has 5 amide bonds. The number of nitrogens with one attached hydrogen (secondary N) is 4. The first-order valence-corrected chi connectivity index (χ1v) is 25.7. The number of aromatic nitrogens is 5. The van der Waals surface area contributed by atoms with E-state index in [0.29, 0.717) is 48.6 Å². The molecule has 1 aromatic carbocycles. The van der Waals surface area contributed by atoms with Crippen molar-refractivity contribution in [2.24, 2.45) is 5.41 Å². The van der Waals surface area contributed by atoms with E-state index in [0.717, 1.165) is 53.1 Å². The number of thiazole rings is 1. The average molecular weight is 1020 g/mol. The number of piperazine rings is 1. The number of aryl methyl sites for hydroxylation is 2. The summed E-state index contributed by atoms with van der Waals surface area (Å²) in [5, 5.41) is 22.7. The first kappa shape index (κ1) is 52.2. The molecule has 5 aromatic rings. The molecular weight excluding hydrogens is 953 g/mol. The molecule has 21 heteroatoms. The van der Waals surface area contributed by atoms with E-state index in [1.807, 2.05) is 37.3 Å². The molecule has 5 N–H and O–H groups in total. The molecule has 8 rings (SSSR count). The van der Waals surface area contributed by atoms with Crippen LogP contribution in [0.2, 0.25) is 0 Å². The average Bonchev–Trinajstić information content (AvgIpc) is 4.15. The van der Waals surface area contributed by atoms with Crippen LogP contribution < -0.4 is 31.7 Å². The number of anilines is 3. The third-order valence-corrected chi connectivity index (χ3v) is 14.9. The van der Waals surface area contributed by atoms with E-state index in [9.17, 15) is 38.7 Å². The van der Waals surface area contributed by atoms with Crippen LogP contribution in [0.15, 0.2) is 59.1 Å². The number of likely N-dealkylation sites (tertiary alicyclic amines) is 1. The number of pyridine rings is 2. The topological polar surface area (TPSA) is 254 Å². The lowest BCUT2D eigenvalue weighted by atomic mass is 9.85. The van der Waals surface area contributed by atoms with Crippen LogP contribution in [0.1, 0.15) is 106 Å². The minimum absolute atomic E-state index is 0.0408. The summed E-state index contributed by atoms with van der Waals surface area (Å²) in [7, 11) is 0. The predicted octanol–water partition coefficient (Wildman–Crippen LogP) is 4.34. The number of aliphatic hydroxyl groups excluding tert-OH is 1. The number of carbonyl (C=O) groups is 6. The highest BCUT2D eigenvalue weighted by Gasteiger charge is 2.44. The van der Waals surface area contributed by atoms with Gasteiger partial charge in [-0.05, 0) is 67.9 Å². The molecule has 73 heavy (non-hydrogen) atoms. The largest absolute Gasteiger partial charge is 0.391 e. The fraction of sp³-hybridized carbons (Fsp3) is 0.481. The van der Waals surface area contributed by atoms with Crippen LogP contribution in [-0.4, -0.2) is 132 Å². The summed E-state index contributed by atoms with van der Waals surface area (Å²) in [6, 6.07) is 9.45. The van der Waals surface area contributed by atoms with Gasteiger partial charge in [0.1, 0.15) is 23.5 Å². The van der Waals surface area contributed by atoms with Crippen molar-refractivity contribution in [2.45, 2.75) is 117 Å². The Bertz CT molecular complexity index is 2940. The van der Waals surface area contributed by atoms with Gasteiger partial charge in [0.2, 0.25) is 35.5 Å². The summed E-state index contributed by atoms with van der Waals surface area (Å²) >= 11 is 1.56. The van der Waals surface area contributed by atoms with E-state index in [-0.39, 0.29) is 73.7 Å². The minimum atomic E-state index is -1.06. The predicted molar refractivity (Wildman–Crippen MR) is 276 cm³/mol. The van der Waals surface area contributed by atoms with E-state index >= 15 is 0 Å². The molecule has 0 unspecified atom stereocenters. The first-order valence-electron chi connectivity index (χ1n) is 24.9. The number of rotatable bonds is 16. The van der Waals surface area contributed by atoms with E-state index < -0.39 is 47.2 Å². The Labute approximate surface area is 427 Å². The molecule has 6 heterocycles. The molecule has 0 spiro atoms. The van der Waals surface area contributed by atoms with Gasteiger partial charge in [-0.25, -0.2) is 15.0 Å². The number of benzene rings is 1. The van der Waals surface area contributed by atoms with Crippen molar-refractivity contribution in [3.05, 3.63) is 87.0 Å². The maximum atomic E-state index is 14.1. The molecular formula is C52H64N12O8S. The molecule has 386 valence electrons. The fourth-order valence-corrected chi connectivity index (χ4v) is 10.7. The lowest BCUT2D eigenvalue weighted by Gasteiger charge is -2.36. The van der Waals surface area contributed by atoms with Crippen LogP contribution >= 0.6 is 11.3 Å². The molecule has 20 nitrogen and oxygen atoms in total. The summed E-state index contributed by atoms with van der Waals surface area (Å²) < 4.78 is 1.67. The van der Waals surface area contributed by atoms with Gasteiger partial charge in [-0.1, -0.05) is 57.9 Å². The number of aliphatic hydroxyl groups is 1. The van der Waals surface area contributed by atoms with Crippen molar-refractivity contribution < 1.29 is 33.9 Å². The minimum Gasteiger partial charge on any atom is -0.391 e. The summed E-state index contributed by atoms with van der Waals surface area (Å²) in [4.78, 5) is 117. The van der Waals surface area contributed by atoms with E-state index in [4.69, 9.17) is 4.98 Å². The van der Waals surface area contributed by atoms with Crippen molar-refractivity contribution in [1.82, 2.24) is 50.3 Å². The zero-order valence-corrected chi connectivity index (χ0v) is 43.0. The second kappa shape index (κ2) is 22.3. The number of nitrogens with zero attached hydrogens (tertiary/aromatic N) is 8. The molecule has 4 aromatic heterocycles. The lowest BCUT2D eigenvalue weighted by molar-refractivity contribution is -0.144. The molecule has 2 saturated heterocycles. The molecule has 1 aliphatic carbocycles. The molecule has 1 saturated carbocycles. The third kappa shape index (κ3) is 12.1. The van der Waals surface area contributed by atoms with Crippen LogP contribution in [0, 0.1) is 19.3 Å². The molecule has 3 fully saturated rings. The number of hydrogen-bond acceptors (Lipinski definition) is 15. The standard InChI is InChI=1S/C52H64N12O8S/c1-30-38-26-56-51(60-47(38)64(35-9-7-8-10-35)49(71)44(30)32(3)65)58-40-16-15-36(25-53-40)61-19-21-62(22-20-61)43(69)27-54-41(67)17-18-42(68)59-46(52(4,5)6)50(72)63-28-37(66)23-39(63)48(70)55-24-33-11-13-34(14-12-33)45-31(2)57-29-73-45/h11-16,25-26,29,35,37,39,46,66H,7-10,17-24,27-28H2,1-6H3,(H,54,67)(H,55,70)(H,59,68)(H,53,56,58,60)/t37-,39+,46-/m1/s1. The lowest BCUT2D eigenvalue weighted by Crippen LogP contribution is -2.57. The Kier molecular flexibility index (Phi) is 16.0. The monoisotopic (exact) mass is 1020 g/mol. The summed E-state index contributed by atoms with van der Waals surface area (Å²) in [5.74, 6) is -1.74. The molecule has 2 aliphatic heterocycles. The van der Waals surface area contributed by atoms with Crippen LogP contribution in [0.5, 0.6) is 0 Å². The van der Waals surface area contributed by atoms with Gasteiger partial charge in [0.25, 0.3) is 5.56 Å². The van der Waals surface area contributed by atoms with E-state index in [1.54, 1.807) is 72.5 Å². The number of ketones is 1. The van der Waals surface area contributed by atoms with Crippen LogP contribution in [0.4, 0.5) is 17.5 Å². The fourth-order valence-electron chi connectivity index (χ4n) is 9.90. The molecule has 0 radical (unpaired) electrons. The smallest absolute Gasteiger partial charge is 0.263 e. The highest BCUT2D eigenvalue weighted by molar-refractivity contribution is 7.13. The van der Waals surface area contributed by atoms with Gasteiger partial charge >= 0.3 is 0 Å². The van der Waals surface area contributed by atoms with Gasteiger partial charge in [-0.2, -0.15) is 4.98 Å². The zero-order valence-electron chi connectivity index (χ0n) is 42.2. The number of fused-ring (bicyclic) bond motifs is 1. The van der Waals surface area contributed by atoms with E-state index in [1.165, 1.54) is 11.8 Å². The van der Waals surface area contributed by atoms with Crippen LogP contribution in [0.25, 0.3) is 21.5 Å². The highest BCUT2D eigenvalue weighted by atomic mass is 32.1. The van der Waals surface area contributed by atoms with Crippen molar-refractivity contribution in [3.63, 3.8) is 0 Å². The van der Waals surface area contributed by atoms with Gasteiger partial charge in [0.05, 0.1) is 46.2 Å². The zero-order chi connectivity index (χ0) is 52.1. The molecule has 3 aliphatic rings. The number of β-amino-alcohol motifs (C(OH)–C–C–N with tert-alkyl or cyclic N) is 1. The third-order valence-electron chi connectivity index (χ3n) is 14.0. The maximum absolute atomic E-state index is 14.1. The van der Waals surface area contributed by atoms with Crippen molar-refractivity contribution in [2.75, 3.05) is 49.5 Å². The summed E-state index contributed by atoms with van der Waals surface area (Å²) in [6.45, 7) is 12.3. The SMILES string of the molecule is CC(=O)c1c(C)c2cnc(Nc3ccc(N4CCN(C(=O)CNC(=O)CCC(=O)N[C@H](C(=O)N5C[C@H](O)C[C@H]5C(=O)NCc5ccc(-c6scnc6C)cc5)C(C)(C)C)CC4)cn3)nc2n(C2CCCC2)c1=O. The Hall–Kier alpha value is -7.13. The first-order chi connectivity index (χ1) is 34.9. The second-order valence-electron chi connectivity index (χ2n) is 20.2.